The Kier molecular flexibility index (Phi) is 4.95. The molecule has 0 amide bonds. The Hall–Kier alpha value is -2.33. The van der Waals surface area contributed by atoms with E-state index >= 15 is 0 Å². The Morgan fingerprint density at radius 1 is 1.19 bits per heavy atom. The maximum atomic E-state index is 11.6. The van der Waals surface area contributed by atoms with Crippen LogP contribution in [0.15, 0.2) is 54.6 Å². The molecule has 0 heterocycles. The number of hydrogen-bond donors (Lipinski definition) is 1. The fourth-order valence-electron chi connectivity index (χ4n) is 2.36. The molecule has 1 N–H and O–H groups in total. The highest BCUT2D eigenvalue weighted by atomic mass is 16.5. The number of nitrogens with zero attached hydrogens (tertiary/aromatic N) is 1. The van der Waals surface area contributed by atoms with Crippen LogP contribution in [0.5, 0.6) is 5.75 Å². The van der Waals surface area contributed by atoms with Crippen LogP contribution in [0, 0.1) is 0 Å². The summed E-state index contributed by atoms with van der Waals surface area (Å²) >= 11 is 0. The molecule has 0 saturated heterocycles. The number of benzene rings is 2. The van der Waals surface area contributed by atoms with E-state index in [2.05, 4.69) is 0 Å². The fraction of sp³-hybridized carbons (Fsp3) is 0.235. The highest BCUT2D eigenvalue weighted by Crippen LogP contribution is 2.25. The molecule has 1 unspecified atom stereocenters. The second kappa shape index (κ2) is 6.90. The summed E-state index contributed by atoms with van der Waals surface area (Å²) in [6.07, 6.45) is 0. The minimum atomic E-state index is -0.873. The Balaban J connectivity index is 2.23. The van der Waals surface area contributed by atoms with Gasteiger partial charge in [-0.25, -0.2) is 0 Å². The van der Waals surface area contributed by atoms with Gasteiger partial charge in [0.2, 0.25) is 0 Å². The van der Waals surface area contributed by atoms with Crippen molar-refractivity contribution in [2.24, 2.45) is 0 Å². The summed E-state index contributed by atoms with van der Waals surface area (Å²) in [5.74, 6) is -0.214. The lowest BCUT2D eigenvalue weighted by atomic mass is 10.0. The zero-order valence-electron chi connectivity index (χ0n) is 12.2. The maximum Gasteiger partial charge on any atom is 0.325 e. The number of likely N-dealkylation sites (N-methyl/N-ethyl adjacent to an activating group) is 1. The molecule has 2 aromatic rings. The van der Waals surface area contributed by atoms with Gasteiger partial charge in [-0.1, -0.05) is 42.5 Å². The Morgan fingerprint density at radius 2 is 1.90 bits per heavy atom. The molecule has 2 rings (SSSR count). The lowest BCUT2D eigenvalue weighted by Crippen LogP contribution is -2.30. The van der Waals surface area contributed by atoms with Crippen LogP contribution in [0.1, 0.15) is 17.2 Å². The summed E-state index contributed by atoms with van der Waals surface area (Å²) in [6.45, 7) is 0.565. The maximum absolute atomic E-state index is 11.6. The Morgan fingerprint density at radius 3 is 2.52 bits per heavy atom. The fourth-order valence-corrected chi connectivity index (χ4v) is 2.36. The first-order valence-electron chi connectivity index (χ1n) is 6.72. The van der Waals surface area contributed by atoms with Crippen LogP contribution >= 0.6 is 0 Å². The van der Waals surface area contributed by atoms with Crippen LogP contribution in [0.2, 0.25) is 0 Å². The van der Waals surface area contributed by atoms with Crippen LogP contribution in [0.3, 0.4) is 0 Å². The summed E-state index contributed by atoms with van der Waals surface area (Å²) in [7, 11) is 3.38. The summed E-state index contributed by atoms with van der Waals surface area (Å²) in [5, 5.41) is 9.56. The number of rotatable bonds is 6. The molecule has 0 fully saturated rings. The first-order chi connectivity index (χ1) is 10.1. The van der Waals surface area contributed by atoms with Crippen LogP contribution in [0.4, 0.5) is 0 Å². The lowest BCUT2D eigenvalue weighted by Gasteiger charge is -2.25. The SMILES string of the molecule is COc1cccc(C(C(=O)O)N(C)Cc2ccccc2)c1. The molecule has 0 radical (unpaired) electrons. The molecule has 4 heteroatoms. The molecule has 0 aliphatic carbocycles. The number of ether oxygens (including phenoxy) is 1. The smallest absolute Gasteiger partial charge is 0.325 e. The molecule has 110 valence electrons. The first kappa shape index (κ1) is 15.1. The highest BCUT2D eigenvalue weighted by Gasteiger charge is 2.25. The van der Waals surface area contributed by atoms with Crippen molar-refractivity contribution in [3.8, 4) is 5.75 Å². The molecule has 4 nitrogen and oxygen atoms in total. The van der Waals surface area contributed by atoms with Crippen molar-refractivity contribution < 1.29 is 14.6 Å². The van der Waals surface area contributed by atoms with E-state index in [4.69, 9.17) is 4.74 Å². The van der Waals surface area contributed by atoms with Crippen LogP contribution in [-0.2, 0) is 11.3 Å². The van der Waals surface area contributed by atoms with E-state index in [1.165, 1.54) is 0 Å². The van der Waals surface area contributed by atoms with Gasteiger partial charge >= 0.3 is 5.97 Å². The standard InChI is InChI=1S/C17H19NO3/c1-18(12-13-7-4-3-5-8-13)16(17(19)20)14-9-6-10-15(11-14)21-2/h3-11,16H,12H2,1-2H3,(H,19,20). The molecule has 2 aromatic carbocycles. The number of carboxylic acid groups (broad SMARTS) is 1. The second-order valence-corrected chi connectivity index (χ2v) is 4.92. The van der Waals surface area contributed by atoms with E-state index in [0.717, 1.165) is 5.56 Å². The minimum absolute atomic E-state index is 0.565. The summed E-state index contributed by atoms with van der Waals surface area (Å²) in [4.78, 5) is 13.5. The Bertz CT molecular complexity index is 598. The third kappa shape index (κ3) is 3.83. The van der Waals surface area contributed by atoms with Crippen molar-refractivity contribution >= 4 is 5.97 Å². The lowest BCUT2D eigenvalue weighted by molar-refractivity contribution is -0.143. The zero-order valence-corrected chi connectivity index (χ0v) is 12.2. The molecule has 0 saturated carbocycles. The topological polar surface area (TPSA) is 49.8 Å². The van der Waals surface area contributed by atoms with E-state index in [0.29, 0.717) is 17.9 Å². The van der Waals surface area contributed by atoms with Crippen LogP contribution in [0.25, 0.3) is 0 Å². The van der Waals surface area contributed by atoms with Gasteiger partial charge in [-0.15, -0.1) is 0 Å². The van der Waals surface area contributed by atoms with Crippen molar-refractivity contribution in [3.63, 3.8) is 0 Å². The third-order valence-corrected chi connectivity index (χ3v) is 3.36. The molecule has 21 heavy (non-hydrogen) atoms. The third-order valence-electron chi connectivity index (χ3n) is 3.36. The van der Waals surface area contributed by atoms with Gasteiger partial charge in [0, 0.05) is 6.54 Å². The predicted octanol–water partition coefficient (Wildman–Crippen LogP) is 2.95. The normalized spacial score (nSPS) is 12.1. The molecule has 0 aromatic heterocycles. The van der Waals surface area contributed by atoms with E-state index < -0.39 is 12.0 Å². The Labute approximate surface area is 124 Å². The molecular weight excluding hydrogens is 266 g/mol. The number of carbonyl (C=O) groups is 1. The second-order valence-electron chi connectivity index (χ2n) is 4.92. The average Bonchev–Trinajstić information content (AvgIpc) is 2.48. The highest BCUT2D eigenvalue weighted by molar-refractivity contribution is 5.75. The van der Waals surface area contributed by atoms with E-state index in [9.17, 15) is 9.90 Å². The summed E-state index contributed by atoms with van der Waals surface area (Å²) in [6, 6.07) is 16.3. The quantitative estimate of drug-likeness (QED) is 0.886. The number of carboxylic acids is 1. The van der Waals surface area contributed by atoms with Gasteiger partial charge in [0.05, 0.1) is 7.11 Å². The molecular formula is C17H19NO3. The van der Waals surface area contributed by atoms with Crippen LogP contribution < -0.4 is 4.74 Å². The molecule has 0 bridgehead atoms. The van der Waals surface area contributed by atoms with Gasteiger partial charge in [0.15, 0.2) is 0 Å². The van der Waals surface area contributed by atoms with Gasteiger partial charge < -0.3 is 9.84 Å². The van der Waals surface area contributed by atoms with Crippen molar-refractivity contribution in [2.45, 2.75) is 12.6 Å². The van der Waals surface area contributed by atoms with Gasteiger partial charge in [-0.2, -0.15) is 0 Å². The molecule has 0 aliphatic rings. The monoisotopic (exact) mass is 285 g/mol. The van der Waals surface area contributed by atoms with Crippen molar-refractivity contribution in [3.05, 3.63) is 65.7 Å². The van der Waals surface area contributed by atoms with E-state index in [1.54, 1.807) is 25.3 Å². The van der Waals surface area contributed by atoms with Crippen molar-refractivity contribution in [1.29, 1.82) is 0 Å². The number of aliphatic carboxylic acids is 1. The van der Waals surface area contributed by atoms with Gasteiger partial charge in [-0.3, -0.25) is 9.69 Å². The van der Waals surface area contributed by atoms with Crippen LogP contribution in [-0.4, -0.2) is 30.1 Å². The molecule has 0 spiro atoms. The first-order valence-corrected chi connectivity index (χ1v) is 6.72. The number of hydrogen-bond acceptors (Lipinski definition) is 3. The van der Waals surface area contributed by atoms with Crippen molar-refractivity contribution in [2.75, 3.05) is 14.2 Å². The van der Waals surface area contributed by atoms with Gasteiger partial charge in [-0.05, 0) is 30.3 Å². The minimum Gasteiger partial charge on any atom is -0.497 e. The molecule has 0 aliphatic heterocycles. The molecule has 1 atom stereocenters. The van der Waals surface area contributed by atoms with Crippen molar-refractivity contribution in [1.82, 2.24) is 4.90 Å². The van der Waals surface area contributed by atoms with E-state index in [1.807, 2.05) is 48.3 Å². The van der Waals surface area contributed by atoms with Gasteiger partial charge in [0.1, 0.15) is 11.8 Å². The largest absolute Gasteiger partial charge is 0.497 e. The predicted molar refractivity (Wildman–Crippen MR) is 81.3 cm³/mol. The van der Waals surface area contributed by atoms with Gasteiger partial charge in [0.25, 0.3) is 0 Å². The zero-order chi connectivity index (χ0) is 15.2. The average molecular weight is 285 g/mol. The number of methoxy groups -OCH3 is 1. The summed E-state index contributed by atoms with van der Waals surface area (Å²) in [5.41, 5.74) is 1.79. The van der Waals surface area contributed by atoms with E-state index in [-0.39, 0.29) is 0 Å². The summed E-state index contributed by atoms with van der Waals surface area (Å²) < 4.78 is 5.17.